The van der Waals surface area contributed by atoms with Crippen LogP contribution in [-0.2, 0) is 32.2 Å². The largest absolute Gasteiger partial charge is 0.465 e. The van der Waals surface area contributed by atoms with Crippen LogP contribution in [0, 0.1) is 44.9 Å². The van der Waals surface area contributed by atoms with Crippen molar-refractivity contribution in [3.05, 3.63) is 116 Å². The van der Waals surface area contributed by atoms with Gasteiger partial charge in [-0.05, 0) is 130 Å². The maximum absolute atomic E-state index is 14.2. The Kier molecular flexibility index (Phi) is 12.5. The maximum Gasteiger partial charge on any atom is 0.416 e. The fourth-order valence-corrected chi connectivity index (χ4v) is 8.12. The summed E-state index contributed by atoms with van der Waals surface area (Å²) >= 11 is 0. The molecule has 0 atom stereocenters. The molecule has 2 aromatic heterocycles. The number of carbonyl (C=O) groups excluding carboxylic acids is 2. The average molecular weight is 822 g/mol. The second-order valence-electron chi connectivity index (χ2n) is 14.0. The van der Waals surface area contributed by atoms with Gasteiger partial charge in [-0.3, -0.25) is 13.9 Å². The van der Waals surface area contributed by atoms with Gasteiger partial charge in [-0.25, -0.2) is 18.8 Å². The molecule has 0 radical (unpaired) electrons. The molecule has 1 aliphatic rings. The van der Waals surface area contributed by atoms with Crippen LogP contribution in [0.3, 0.4) is 0 Å². The zero-order valence-corrected chi connectivity index (χ0v) is 32.9. The molecule has 18 heteroatoms. The van der Waals surface area contributed by atoms with Gasteiger partial charge in [0.2, 0.25) is 0 Å². The van der Waals surface area contributed by atoms with Crippen molar-refractivity contribution in [2.75, 3.05) is 6.61 Å². The Morgan fingerprint density at radius 2 is 1.64 bits per heavy atom. The first-order chi connectivity index (χ1) is 26.9. The SMILES string of the molecule is Cc1c(CCOC(=O)C2CCC(NC(=O)n3c(-c4ccnn4-c4ccc(C#N)cc4)c(C)n(-c4cccc(C(F)(F)F)c4)c3=O)CC2)cc(S(=O)(=O)O)c(C)c1C.N. The molecule has 6 rings (SSSR count). The molecule has 0 unspecified atom stereocenters. The smallest absolute Gasteiger partial charge is 0.416 e. The molecule has 58 heavy (non-hydrogen) atoms. The molecule has 0 saturated heterocycles. The van der Waals surface area contributed by atoms with Crippen molar-refractivity contribution in [1.82, 2.24) is 30.4 Å². The van der Waals surface area contributed by atoms with Gasteiger partial charge >= 0.3 is 23.9 Å². The van der Waals surface area contributed by atoms with Gasteiger partial charge in [-0.2, -0.15) is 31.9 Å². The summed E-state index contributed by atoms with van der Waals surface area (Å²) in [5.41, 5.74) is 2.03. The first kappa shape index (κ1) is 43.1. The van der Waals surface area contributed by atoms with E-state index >= 15 is 0 Å². The molecule has 1 saturated carbocycles. The van der Waals surface area contributed by atoms with E-state index in [2.05, 4.69) is 10.4 Å². The van der Waals surface area contributed by atoms with Gasteiger partial charge in [0.15, 0.2) is 0 Å². The first-order valence-corrected chi connectivity index (χ1v) is 19.5. The normalized spacial score (nSPS) is 15.6. The Morgan fingerprint density at radius 1 is 0.966 bits per heavy atom. The highest BCUT2D eigenvalue weighted by Gasteiger charge is 2.34. The van der Waals surface area contributed by atoms with Gasteiger partial charge in [-0.15, -0.1) is 0 Å². The number of alkyl halides is 3. The molecule has 5 aromatic rings. The fraction of sp³-hybridized carbons (Fsp3) is 0.325. The third-order valence-electron chi connectivity index (χ3n) is 10.6. The van der Waals surface area contributed by atoms with Crippen LogP contribution in [-0.4, -0.2) is 56.5 Å². The van der Waals surface area contributed by atoms with Crippen LogP contribution in [0.25, 0.3) is 22.8 Å². The molecular weight excluding hydrogens is 780 g/mol. The van der Waals surface area contributed by atoms with E-state index in [0.717, 1.165) is 26.8 Å². The molecule has 3 aromatic carbocycles. The van der Waals surface area contributed by atoms with Crippen molar-refractivity contribution in [1.29, 1.82) is 5.26 Å². The number of benzene rings is 3. The van der Waals surface area contributed by atoms with Crippen molar-refractivity contribution >= 4 is 22.1 Å². The summed E-state index contributed by atoms with van der Waals surface area (Å²) in [5.74, 6) is -0.920. The van der Waals surface area contributed by atoms with Gasteiger partial charge < -0.3 is 16.2 Å². The van der Waals surface area contributed by atoms with Crippen molar-refractivity contribution < 1.29 is 40.5 Å². The lowest BCUT2D eigenvalue weighted by atomic mass is 9.86. The third-order valence-corrected chi connectivity index (χ3v) is 11.6. The van der Waals surface area contributed by atoms with E-state index in [1.54, 1.807) is 44.2 Å². The second kappa shape index (κ2) is 16.8. The predicted octanol–water partition coefficient (Wildman–Crippen LogP) is 6.93. The summed E-state index contributed by atoms with van der Waals surface area (Å²) in [5, 5.41) is 16.5. The van der Waals surface area contributed by atoms with Crippen LogP contribution in [0.4, 0.5) is 18.0 Å². The molecule has 2 heterocycles. The minimum atomic E-state index is -4.69. The van der Waals surface area contributed by atoms with Crippen LogP contribution in [0.15, 0.2) is 76.6 Å². The molecule has 0 bridgehead atoms. The Labute approximate surface area is 332 Å². The molecule has 0 spiro atoms. The molecule has 306 valence electrons. The molecular formula is C40H42F3N7O7S. The van der Waals surface area contributed by atoms with Crippen LogP contribution in [0.5, 0.6) is 0 Å². The number of esters is 1. The van der Waals surface area contributed by atoms with Crippen molar-refractivity contribution in [2.45, 2.75) is 76.9 Å². The summed E-state index contributed by atoms with van der Waals surface area (Å²) < 4.78 is 83.6. The van der Waals surface area contributed by atoms with Gasteiger partial charge in [-0.1, -0.05) is 6.07 Å². The molecule has 0 aliphatic heterocycles. The van der Waals surface area contributed by atoms with Crippen LogP contribution >= 0.6 is 0 Å². The number of nitriles is 1. The number of nitrogens with one attached hydrogen (secondary N) is 1. The van der Waals surface area contributed by atoms with Crippen LogP contribution in [0.2, 0.25) is 0 Å². The van der Waals surface area contributed by atoms with Crippen molar-refractivity contribution in [3.8, 4) is 28.8 Å². The van der Waals surface area contributed by atoms with E-state index < -0.39 is 51.5 Å². The average Bonchev–Trinajstić information content (AvgIpc) is 3.75. The monoisotopic (exact) mass is 821 g/mol. The summed E-state index contributed by atoms with van der Waals surface area (Å²) in [7, 11) is -4.45. The Morgan fingerprint density at radius 3 is 2.26 bits per heavy atom. The Bertz CT molecular complexity index is 2580. The molecule has 1 fully saturated rings. The number of imidazole rings is 1. The summed E-state index contributed by atoms with van der Waals surface area (Å²) in [6.07, 6.45) is -1.58. The zero-order valence-electron chi connectivity index (χ0n) is 32.1. The van der Waals surface area contributed by atoms with Crippen LogP contribution < -0.4 is 17.2 Å². The Balaban J connectivity index is 0.00000641. The van der Waals surface area contributed by atoms with Gasteiger partial charge in [0.05, 0.1) is 63.6 Å². The number of carbonyl (C=O) groups is 2. The molecule has 1 amide bonds. The van der Waals surface area contributed by atoms with E-state index in [4.69, 9.17) is 4.74 Å². The standard InChI is InChI=1S/C40H39F3N6O7S.H3N/c1-23-24(2)29(20-35(25(23)3)57(53,54)55)17-19-56-37(50)28-10-12-31(13-11-28)46-38(51)48-36(34-16-18-45-49(34)32-14-8-27(22-44)9-15-32)26(4)47(39(48)52)33-7-5-6-30(21-33)40(41,42)43;/h5-9,14-16,18,20-21,28,31H,10-13,17,19H2,1-4H3,(H,46,51)(H,53,54,55);1H3. The molecule has 1 aliphatic carbocycles. The predicted molar refractivity (Wildman–Crippen MR) is 207 cm³/mol. The van der Waals surface area contributed by atoms with E-state index in [-0.39, 0.29) is 46.8 Å². The Hall–Kier alpha value is -6.03. The van der Waals surface area contributed by atoms with E-state index in [1.807, 2.05) is 13.0 Å². The van der Waals surface area contributed by atoms with Crippen LogP contribution in [0.1, 0.15) is 64.8 Å². The quantitative estimate of drug-likeness (QED) is 0.103. The highest BCUT2D eigenvalue weighted by molar-refractivity contribution is 7.85. The number of halogens is 3. The fourth-order valence-electron chi connectivity index (χ4n) is 7.29. The summed E-state index contributed by atoms with van der Waals surface area (Å²) in [4.78, 5) is 41.1. The van der Waals surface area contributed by atoms with Crippen molar-refractivity contribution in [2.24, 2.45) is 5.92 Å². The topological polar surface area (TPSA) is 213 Å². The van der Waals surface area contributed by atoms with E-state index in [9.17, 15) is 45.8 Å². The number of amides is 1. The summed E-state index contributed by atoms with van der Waals surface area (Å²) in [6, 6.07) is 14.3. The van der Waals surface area contributed by atoms with E-state index in [0.29, 0.717) is 53.6 Å². The number of rotatable bonds is 9. The van der Waals surface area contributed by atoms with Gasteiger partial charge in [0.1, 0.15) is 5.69 Å². The maximum atomic E-state index is 14.2. The highest BCUT2D eigenvalue weighted by atomic mass is 32.2. The lowest BCUT2D eigenvalue weighted by molar-refractivity contribution is -0.149. The van der Waals surface area contributed by atoms with Gasteiger partial charge in [0.25, 0.3) is 10.1 Å². The molecule has 5 N–H and O–H groups in total. The second-order valence-corrected chi connectivity index (χ2v) is 15.4. The van der Waals surface area contributed by atoms with Gasteiger partial charge in [0, 0.05) is 12.5 Å². The first-order valence-electron chi connectivity index (χ1n) is 18.0. The minimum absolute atomic E-state index is 0. The number of hydrogen-bond acceptors (Lipinski definition) is 9. The third kappa shape index (κ3) is 8.61. The lowest BCUT2D eigenvalue weighted by Gasteiger charge is -2.28. The highest BCUT2D eigenvalue weighted by Crippen LogP contribution is 2.33. The molecule has 14 nitrogen and oxygen atoms in total. The number of nitrogens with zero attached hydrogens (tertiary/aromatic N) is 5. The van der Waals surface area contributed by atoms with Crippen molar-refractivity contribution in [3.63, 3.8) is 0 Å². The number of ether oxygens (including phenoxy) is 1. The zero-order chi connectivity index (χ0) is 41.4. The number of hydrogen-bond donors (Lipinski definition) is 3. The lowest BCUT2D eigenvalue weighted by Crippen LogP contribution is -2.44. The number of aromatic nitrogens is 4. The minimum Gasteiger partial charge on any atom is -0.465 e. The van der Waals surface area contributed by atoms with E-state index in [1.165, 1.54) is 36.0 Å². The summed E-state index contributed by atoms with van der Waals surface area (Å²) in [6.45, 7) is 6.69.